The number of halogens is 1. The van der Waals surface area contributed by atoms with E-state index < -0.39 is 0 Å². The largest absolute Gasteiger partial charge is 0.332 e. The summed E-state index contributed by atoms with van der Waals surface area (Å²) in [6.45, 7) is 3.99. The van der Waals surface area contributed by atoms with Gasteiger partial charge in [-0.05, 0) is 48.5 Å². The van der Waals surface area contributed by atoms with E-state index in [1.165, 1.54) is 0 Å². The fourth-order valence-electron chi connectivity index (χ4n) is 2.49. The number of hydrogen-bond donors (Lipinski definition) is 2. The summed E-state index contributed by atoms with van der Waals surface area (Å²) in [4.78, 5) is 16.6. The quantitative estimate of drug-likeness (QED) is 0.512. The predicted octanol–water partition coefficient (Wildman–Crippen LogP) is 5.58. The lowest BCUT2D eigenvalue weighted by Gasteiger charge is -2.13. The Balaban J connectivity index is 1.86. The van der Waals surface area contributed by atoms with Crippen molar-refractivity contribution >= 4 is 66.4 Å². The normalized spacial score (nSPS) is 10.9. The topological polar surface area (TPSA) is 54.0 Å². The Kier molecular flexibility index (Phi) is 6.01. The van der Waals surface area contributed by atoms with Gasteiger partial charge in [-0.15, -0.1) is 11.3 Å². The van der Waals surface area contributed by atoms with Crippen LogP contribution in [0.1, 0.15) is 20.3 Å². The van der Waals surface area contributed by atoms with Gasteiger partial charge in [-0.3, -0.25) is 4.79 Å². The number of rotatable bonds is 4. The molecule has 7 heteroatoms. The Morgan fingerprint density at radius 1 is 1.27 bits per heavy atom. The lowest BCUT2D eigenvalue weighted by Crippen LogP contribution is -2.34. The minimum atomic E-state index is -0.0869. The molecule has 1 heterocycles. The molecule has 0 unspecified atom stereocenters. The lowest BCUT2D eigenvalue weighted by molar-refractivity contribution is -0.120. The number of hydrogen-bond acceptors (Lipinski definition) is 4. The summed E-state index contributed by atoms with van der Waals surface area (Å²) < 4.78 is 2.08. The zero-order valence-electron chi connectivity index (χ0n) is 14.4. The summed E-state index contributed by atoms with van der Waals surface area (Å²) in [5, 5.41) is 7.05. The molecule has 0 saturated heterocycles. The van der Waals surface area contributed by atoms with E-state index >= 15 is 0 Å². The van der Waals surface area contributed by atoms with E-state index in [0.717, 1.165) is 30.9 Å². The molecular formula is C19H18BrN3OS2. The van der Waals surface area contributed by atoms with Gasteiger partial charge in [0.05, 0.1) is 15.9 Å². The van der Waals surface area contributed by atoms with Crippen LogP contribution in [0.5, 0.6) is 0 Å². The summed E-state index contributed by atoms with van der Waals surface area (Å²) in [6.07, 6.45) is 0.437. The summed E-state index contributed by atoms with van der Waals surface area (Å²) in [7, 11) is 0. The lowest BCUT2D eigenvalue weighted by atomic mass is 10.1. The van der Waals surface area contributed by atoms with Gasteiger partial charge in [0.2, 0.25) is 5.91 Å². The van der Waals surface area contributed by atoms with E-state index in [4.69, 9.17) is 17.2 Å². The molecule has 0 aliphatic heterocycles. The number of thiocarbonyl (C=S) groups is 1. The monoisotopic (exact) mass is 447 g/mol. The number of amides is 1. The first-order valence-electron chi connectivity index (χ1n) is 8.18. The highest BCUT2D eigenvalue weighted by molar-refractivity contribution is 9.10. The second-order valence-corrected chi connectivity index (χ2v) is 8.63. The molecule has 0 spiro atoms. The summed E-state index contributed by atoms with van der Waals surface area (Å²) >= 11 is 10.4. The van der Waals surface area contributed by atoms with Gasteiger partial charge in [0.25, 0.3) is 0 Å². The molecule has 0 radical (unpaired) electrons. The SMILES string of the molecule is CC(C)CC(=O)NC(=S)Nc1ccc(Br)cc1-c1nc2ccccc2s1. The highest BCUT2D eigenvalue weighted by atomic mass is 79.9. The van der Waals surface area contributed by atoms with Gasteiger partial charge in [0.1, 0.15) is 5.01 Å². The third kappa shape index (κ3) is 4.66. The standard InChI is InChI=1S/C19H18BrN3OS2/c1-11(2)9-17(24)23-19(25)22-14-8-7-12(20)10-13(14)18-21-15-5-3-4-6-16(15)26-18/h3-8,10-11H,9H2,1-2H3,(H2,22,23,24,25). The van der Waals surface area contributed by atoms with Crippen molar-refractivity contribution in [1.82, 2.24) is 10.3 Å². The Morgan fingerprint density at radius 2 is 2.04 bits per heavy atom. The molecule has 0 aliphatic carbocycles. The first-order chi connectivity index (χ1) is 12.4. The van der Waals surface area contributed by atoms with Gasteiger partial charge in [0, 0.05) is 16.5 Å². The second-order valence-electron chi connectivity index (χ2n) is 6.28. The summed E-state index contributed by atoms with van der Waals surface area (Å²) in [5.41, 5.74) is 2.70. The Morgan fingerprint density at radius 3 is 2.77 bits per heavy atom. The average molecular weight is 448 g/mol. The van der Waals surface area contributed by atoms with E-state index in [1.54, 1.807) is 11.3 Å². The van der Waals surface area contributed by atoms with Crippen molar-refractivity contribution in [3.63, 3.8) is 0 Å². The molecule has 0 aliphatic rings. The molecule has 134 valence electrons. The molecular weight excluding hydrogens is 430 g/mol. The molecule has 0 fully saturated rings. The zero-order chi connectivity index (χ0) is 18.7. The first-order valence-corrected chi connectivity index (χ1v) is 10.2. The van der Waals surface area contributed by atoms with Crippen molar-refractivity contribution in [3.8, 4) is 10.6 Å². The van der Waals surface area contributed by atoms with Crippen molar-refractivity contribution in [1.29, 1.82) is 0 Å². The molecule has 0 bridgehead atoms. The van der Waals surface area contributed by atoms with Crippen molar-refractivity contribution in [2.24, 2.45) is 5.92 Å². The predicted molar refractivity (Wildman–Crippen MR) is 117 cm³/mol. The van der Waals surface area contributed by atoms with E-state index in [9.17, 15) is 4.79 Å². The number of nitrogens with one attached hydrogen (secondary N) is 2. The Hall–Kier alpha value is -1.83. The Labute approximate surface area is 170 Å². The number of thiazole rings is 1. The van der Waals surface area contributed by atoms with Crippen LogP contribution in [0, 0.1) is 5.92 Å². The van der Waals surface area contributed by atoms with Gasteiger partial charge in [-0.25, -0.2) is 4.98 Å². The van der Waals surface area contributed by atoms with Crippen LogP contribution in [0.25, 0.3) is 20.8 Å². The highest BCUT2D eigenvalue weighted by Gasteiger charge is 2.13. The Bertz CT molecular complexity index is 935. The van der Waals surface area contributed by atoms with Gasteiger partial charge >= 0.3 is 0 Å². The first kappa shape index (κ1) is 18.9. The maximum Gasteiger partial charge on any atom is 0.226 e. The van der Waals surface area contributed by atoms with Gasteiger partial charge in [-0.2, -0.15) is 0 Å². The van der Waals surface area contributed by atoms with Crippen LogP contribution < -0.4 is 10.6 Å². The minimum absolute atomic E-state index is 0.0869. The molecule has 2 aromatic carbocycles. The smallest absolute Gasteiger partial charge is 0.226 e. The number of nitrogens with zero attached hydrogens (tertiary/aromatic N) is 1. The third-order valence-corrected chi connectivity index (χ3v) is 5.37. The third-order valence-electron chi connectivity index (χ3n) is 3.60. The van der Waals surface area contributed by atoms with Crippen molar-refractivity contribution in [3.05, 3.63) is 46.9 Å². The van der Waals surface area contributed by atoms with Crippen LogP contribution in [-0.2, 0) is 4.79 Å². The van der Waals surface area contributed by atoms with Crippen molar-refractivity contribution in [2.45, 2.75) is 20.3 Å². The highest BCUT2D eigenvalue weighted by Crippen LogP contribution is 2.36. The van der Waals surface area contributed by atoms with E-state index in [2.05, 4.69) is 32.6 Å². The van der Waals surface area contributed by atoms with E-state index in [-0.39, 0.29) is 11.8 Å². The maximum atomic E-state index is 11.9. The number of carbonyl (C=O) groups is 1. The van der Waals surface area contributed by atoms with Crippen molar-refractivity contribution < 1.29 is 4.79 Å². The molecule has 4 nitrogen and oxygen atoms in total. The average Bonchev–Trinajstić information content (AvgIpc) is 2.99. The van der Waals surface area contributed by atoms with Crippen LogP contribution in [0.4, 0.5) is 5.69 Å². The summed E-state index contributed by atoms with van der Waals surface area (Å²) in [6, 6.07) is 13.9. The van der Waals surface area contributed by atoms with E-state index in [0.29, 0.717) is 11.5 Å². The molecule has 3 aromatic rings. The zero-order valence-corrected chi connectivity index (χ0v) is 17.6. The minimum Gasteiger partial charge on any atom is -0.332 e. The van der Waals surface area contributed by atoms with Crippen LogP contribution >= 0.6 is 39.5 Å². The van der Waals surface area contributed by atoms with Crippen LogP contribution in [0.2, 0.25) is 0 Å². The van der Waals surface area contributed by atoms with Gasteiger partial charge in [0.15, 0.2) is 5.11 Å². The van der Waals surface area contributed by atoms with Crippen LogP contribution in [-0.4, -0.2) is 16.0 Å². The van der Waals surface area contributed by atoms with Crippen LogP contribution in [0.15, 0.2) is 46.9 Å². The number of para-hydroxylation sites is 1. The molecule has 0 atom stereocenters. The van der Waals surface area contributed by atoms with Crippen LogP contribution in [0.3, 0.4) is 0 Å². The molecule has 1 aromatic heterocycles. The molecule has 3 rings (SSSR count). The molecule has 0 saturated carbocycles. The maximum absolute atomic E-state index is 11.9. The van der Waals surface area contributed by atoms with Crippen molar-refractivity contribution in [2.75, 3.05) is 5.32 Å². The number of fused-ring (bicyclic) bond motifs is 1. The summed E-state index contributed by atoms with van der Waals surface area (Å²) in [5.74, 6) is 0.194. The second kappa shape index (κ2) is 8.24. The molecule has 1 amide bonds. The number of benzene rings is 2. The number of aromatic nitrogens is 1. The number of carbonyl (C=O) groups excluding carboxylic acids is 1. The van der Waals surface area contributed by atoms with Gasteiger partial charge in [-0.1, -0.05) is 41.9 Å². The fourth-order valence-corrected chi connectivity index (χ4v) is 4.07. The number of anilines is 1. The molecule has 2 N–H and O–H groups in total. The van der Waals surface area contributed by atoms with E-state index in [1.807, 2.05) is 50.2 Å². The fraction of sp³-hybridized carbons (Fsp3) is 0.211. The van der Waals surface area contributed by atoms with Gasteiger partial charge < -0.3 is 10.6 Å². The molecule has 26 heavy (non-hydrogen) atoms.